The topological polar surface area (TPSA) is 35.9 Å². The van der Waals surface area contributed by atoms with Crippen LogP contribution in [0.2, 0.25) is 0 Å². The highest BCUT2D eigenvalue weighted by atomic mass is 16.8. The van der Waals surface area contributed by atoms with Crippen molar-refractivity contribution < 1.29 is 9.63 Å². The first-order valence-corrected chi connectivity index (χ1v) is 6.66. The number of urea groups is 1. The predicted molar refractivity (Wildman–Crippen MR) is 65.3 cm³/mol. The molecule has 0 aromatic heterocycles. The lowest BCUT2D eigenvalue weighted by Gasteiger charge is -2.43. The van der Waals surface area contributed by atoms with Crippen LogP contribution in [0.3, 0.4) is 0 Å². The monoisotopic (exact) mass is 244 g/mol. The first kappa shape index (κ1) is 10.4. The molecule has 1 saturated carbocycles. The Morgan fingerprint density at radius 2 is 2.06 bits per heavy atom. The fourth-order valence-corrected chi connectivity index (χ4v) is 3.28. The highest BCUT2D eigenvalue weighted by molar-refractivity contribution is 5.76. The molecule has 2 saturated heterocycles. The number of fused-ring (bicyclic) bond motifs is 1. The van der Waals surface area contributed by atoms with Crippen molar-refractivity contribution in [2.24, 2.45) is 5.92 Å². The van der Waals surface area contributed by atoms with Crippen molar-refractivity contribution in [2.45, 2.75) is 31.5 Å². The molecule has 94 valence electrons. The van der Waals surface area contributed by atoms with E-state index in [9.17, 15) is 4.79 Å². The second-order valence-electron chi connectivity index (χ2n) is 5.39. The molecule has 4 heteroatoms. The maximum atomic E-state index is 12.2. The zero-order valence-corrected chi connectivity index (χ0v) is 10.2. The summed E-state index contributed by atoms with van der Waals surface area (Å²) in [6, 6.07) is 10.4. The summed E-state index contributed by atoms with van der Waals surface area (Å²) in [6.45, 7) is 0.921. The number of hydrogen-bond donors (Lipinski definition) is 0. The van der Waals surface area contributed by atoms with E-state index >= 15 is 0 Å². The van der Waals surface area contributed by atoms with Crippen LogP contribution in [-0.4, -0.2) is 28.6 Å². The summed E-state index contributed by atoms with van der Waals surface area (Å²) in [5.74, 6) is 0.754. The number of hydroxylamine groups is 2. The minimum Gasteiger partial charge on any atom is -0.319 e. The van der Waals surface area contributed by atoms with E-state index in [4.69, 9.17) is 4.84 Å². The van der Waals surface area contributed by atoms with Crippen LogP contribution in [0.4, 0.5) is 4.79 Å². The lowest BCUT2D eigenvalue weighted by atomic mass is 9.92. The van der Waals surface area contributed by atoms with Crippen LogP contribution in [0.5, 0.6) is 0 Å². The largest absolute Gasteiger partial charge is 0.347 e. The summed E-state index contributed by atoms with van der Waals surface area (Å²) in [4.78, 5) is 19.6. The Labute approximate surface area is 106 Å². The smallest absolute Gasteiger partial charge is 0.319 e. The van der Waals surface area contributed by atoms with Gasteiger partial charge >= 0.3 is 6.03 Å². The normalized spacial score (nSPS) is 33.0. The summed E-state index contributed by atoms with van der Waals surface area (Å²) >= 11 is 0. The third-order valence-corrected chi connectivity index (χ3v) is 4.35. The molecule has 4 rings (SSSR count). The van der Waals surface area contributed by atoms with Gasteiger partial charge in [0.25, 0.3) is 0 Å². The van der Waals surface area contributed by atoms with Crippen LogP contribution in [0.1, 0.15) is 31.1 Å². The molecule has 3 aliphatic rings. The molecule has 1 aromatic carbocycles. The van der Waals surface area contributed by atoms with E-state index in [2.05, 4.69) is 0 Å². The molecular weight excluding hydrogens is 228 g/mol. The van der Waals surface area contributed by atoms with Crippen LogP contribution in [0, 0.1) is 5.92 Å². The molecule has 0 radical (unpaired) electrons. The van der Waals surface area contributed by atoms with Crippen molar-refractivity contribution in [1.82, 2.24) is 9.96 Å². The number of benzene rings is 1. The Hall–Kier alpha value is -1.55. The van der Waals surface area contributed by atoms with E-state index in [0.29, 0.717) is 6.04 Å². The predicted octanol–water partition coefficient (Wildman–Crippen LogP) is 2.54. The summed E-state index contributed by atoms with van der Waals surface area (Å²) in [5, 5.41) is 1.50. The average molecular weight is 244 g/mol. The minimum absolute atomic E-state index is 0.0482. The fourth-order valence-electron chi connectivity index (χ4n) is 3.28. The zero-order valence-electron chi connectivity index (χ0n) is 10.2. The lowest BCUT2D eigenvalue weighted by Crippen LogP contribution is -2.57. The molecule has 3 atom stereocenters. The molecule has 1 aromatic rings. The highest BCUT2D eigenvalue weighted by Gasteiger charge is 2.52. The molecule has 2 heterocycles. The Morgan fingerprint density at radius 1 is 1.22 bits per heavy atom. The number of carbonyl (C=O) groups is 1. The lowest BCUT2D eigenvalue weighted by molar-refractivity contribution is 0.0450. The SMILES string of the molecule is O=C(N1CC2CCCC21)N1OC1c1ccccc1. The van der Waals surface area contributed by atoms with Crippen molar-refractivity contribution in [1.29, 1.82) is 0 Å². The van der Waals surface area contributed by atoms with Crippen LogP contribution in [0.15, 0.2) is 30.3 Å². The Morgan fingerprint density at radius 3 is 2.83 bits per heavy atom. The Kier molecular flexibility index (Phi) is 2.14. The maximum Gasteiger partial charge on any atom is 0.347 e. The molecule has 1 aliphatic carbocycles. The van der Waals surface area contributed by atoms with Gasteiger partial charge in [-0.1, -0.05) is 36.8 Å². The number of likely N-dealkylation sites (tertiary alicyclic amines) is 1. The highest BCUT2D eigenvalue weighted by Crippen LogP contribution is 2.44. The van der Waals surface area contributed by atoms with Crippen LogP contribution < -0.4 is 0 Å². The molecule has 4 nitrogen and oxygen atoms in total. The van der Waals surface area contributed by atoms with Crippen molar-refractivity contribution >= 4 is 6.03 Å². The molecule has 2 aliphatic heterocycles. The van der Waals surface area contributed by atoms with Gasteiger partial charge in [0.2, 0.25) is 6.23 Å². The van der Waals surface area contributed by atoms with Gasteiger partial charge in [-0.05, 0) is 18.8 Å². The number of carbonyl (C=O) groups excluding carboxylic acids is 1. The Balaban J connectivity index is 1.43. The first-order chi connectivity index (χ1) is 8.84. The second-order valence-corrected chi connectivity index (χ2v) is 5.39. The van der Waals surface area contributed by atoms with Gasteiger partial charge in [-0.25, -0.2) is 9.63 Å². The summed E-state index contributed by atoms with van der Waals surface area (Å²) in [5.41, 5.74) is 1.05. The van der Waals surface area contributed by atoms with E-state index < -0.39 is 0 Å². The van der Waals surface area contributed by atoms with Crippen molar-refractivity contribution in [2.75, 3.05) is 6.54 Å². The van der Waals surface area contributed by atoms with Gasteiger partial charge in [0.05, 0.1) is 0 Å². The minimum atomic E-state index is -0.167. The first-order valence-electron chi connectivity index (χ1n) is 6.66. The van der Waals surface area contributed by atoms with Gasteiger partial charge in [-0.15, -0.1) is 0 Å². The molecule has 3 fully saturated rings. The van der Waals surface area contributed by atoms with Gasteiger partial charge in [0.15, 0.2) is 0 Å². The Bertz CT molecular complexity index is 476. The quantitative estimate of drug-likeness (QED) is 0.712. The van der Waals surface area contributed by atoms with E-state index in [0.717, 1.165) is 18.0 Å². The van der Waals surface area contributed by atoms with Crippen LogP contribution in [0.25, 0.3) is 0 Å². The van der Waals surface area contributed by atoms with Crippen LogP contribution >= 0.6 is 0 Å². The van der Waals surface area contributed by atoms with E-state index in [1.54, 1.807) is 0 Å². The number of nitrogens with zero attached hydrogens (tertiary/aromatic N) is 2. The fraction of sp³-hybridized carbons (Fsp3) is 0.500. The molecule has 18 heavy (non-hydrogen) atoms. The molecule has 2 amide bonds. The molecule has 0 spiro atoms. The third kappa shape index (κ3) is 1.45. The second kappa shape index (κ2) is 3.72. The number of hydrogen-bond acceptors (Lipinski definition) is 2. The van der Waals surface area contributed by atoms with Crippen LogP contribution in [-0.2, 0) is 4.84 Å². The average Bonchev–Trinajstić information content (AvgIpc) is 3.11. The van der Waals surface area contributed by atoms with Crippen molar-refractivity contribution in [3.05, 3.63) is 35.9 Å². The maximum absolute atomic E-state index is 12.2. The standard InChI is InChI=1S/C14H16N2O2/c17-14(15-9-11-7-4-8-12(11)15)16-13(18-16)10-5-2-1-3-6-10/h1-3,5-6,11-13H,4,7-9H2. The van der Waals surface area contributed by atoms with E-state index in [1.807, 2.05) is 35.2 Å². The molecule has 3 unspecified atom stereocenters. The van der Waals surface area contributed by atoms with Crippen molar-refractivity contribution in [3.63, 3.8) is 0 Å². The number of amides is 2. The summed E-state index contributed by atoms with van der Waals surface area (Å²) < 4.78 is 0. The van der Waals surface area contributed by atoms with Gasteiger partial charge in [0, 0.05) is 18.2 Å². The van der Waals surface area contributed by atoms with E-state index in [1.165, 1.54) is 24.3 Å². The van der Waals surface area contributed by atoms with E-state index in [-0.39, 0.29) is 12.3 Å². The van der Waals surface area contributed by atoms with Gasteiger partial charge in [-0.3, -0.25) is 0 Å². The number of rotatable bonds is 1. The molecule has 0 bridgehead atoms. The van der Waals surface area contributed by atoms with Gasteiger partial charge in [-0.2, -0.15) is 5.06 Å². The summed E-state index contributed by atoms with van der Waals surface area (Å²) in [6.07, 6.45) is 3.55. The van der Waals surface area contributed by atoms with Crippen molar-refractivity contribution in [3.8, 4) is 0 Å². The summed E-state index contributed by atoms with van der Waals surface area (Å²) in [7, 11) is 0. The zero-order chi connectivity index (χ0) is 12.1. The van der Waals surface area contributed by atoms with Gasteiger partial charge < -0.3 is 4.90 Å². The molecule has 0 N–H and O–H groups in total. The third-order valence-electron chi connectivity index (χ3n) is 4.35. The molecular formula is C14H16N2O2. The van der Waals surface area contributed by atoms with Gasteiger partial charge in [0.1, 0.15) is 0 Å².